The maximum absolute atomic E-state index is 12.5. The van der Waals surface area contributed by atoms with Crippen LogP contribution in [0.1, 0.15) is 39.7 Å². The molecule has 0 spiro atoms. The van der Waals surface area contributed by atoms with Crippen molar-refractivity contribution in [1.82, 2.24) is 4.90 Å². The number of hydrogen-bond acceptors (Lipinski definition) is 5. The minimum absolute atomic E-state index is 0.102. The molecule has 1 saturated heterocycles. The number of benzene rings is 1. The van der Waals surface area contributed by atoms with Crippen molar-refractivity contribution in [2.45, 2.75) is 40.2 Å². The van der Waals surface area contributed by atoms with Gasteiger partial charge in [-0.2, -0.15) is 0 Å². The Bertz CT molecular complexity index is 656. The van der Waals surface area contributed by atoms with Gasteiger partial charge in [0.1, 0.15) is 11.5 Å². The molecule has 130 valence electrons. The highest BCUT2D eigenvalue weighted by atomic mass is 32.2. The van der Waals surface area contributed by atoms with Gasteiger partial charge in [0, 0.05) is 17.7 Å². The minimum Gasteiger partial charge on any atom is -0.494 e. The second-order valence-electron chi connectivity index (χ2n) is 5.37. The van der Waals surface area contributed by atoms with Gasteiger partial charge in [0.25, 0.3) is 11.1 Å². The molecule has 0 N–H and O–H groups in total. The Kier molecular flexibility index (Phi) is 6.31. The third kappa shape index (κ3) is 3.93. The molecule has 1 fully saturated rings. The summed E-state index contributed by atoms with van der Waals surface area (Å²) < 4.78 is 11.1. The van der Waals surface area contributed by atoms with Gasteiger partial charge >= 0.3 is 0 Å². The van der Waals surface area contributed by atoms with Gasteiger partial charge in [-0.15, -0.1) is 0 Å². The third-order valence-electron chi connectivity index (χ3n) is 3.74. The van der Waals surface area contributed by atoms with Gasteiger partial charge in [-0.05, 0) is 57.2 Å². The van der Waals surface area contributed by atoms with Crippen LogP contribution in [0.15, 0.2) is 23.1 Å². The first-order chi connectivity index (χ1) is 11.5. The lowest BCUT2D eigenvalue weighted by Crippen LogP contribution is -2.36. The van der Waals surface area contributed by atoms with E-state index in [1.807, 2.05) is 39.8 Å². The normalized spacial score (nSPS) is 17.5. The van der Waals surface area contributed by atoms with Gasteiger partial charge in [-0.1, -0.05) is 6.92 Å². The molecule has 0 unspecified atom stereocenters. The summed E-state index contributed by atoms with van der Waals surface area (Å²) in [6, 6.07) is 5.37. The lowest BCUT2D eigenvalue weighted by molar-refractivity contribution is -0.124. The van der Waals surface area contributed by atoms with Crippen LogP contribution in [0.3, 0.4) is 0 Å². The highest BCUT2D eigenvalue weighted by molar-refractivity contribution is 8.18. The summed E-state index contributed by atoms with van der Waals surface area (Å²) in [6.07, 6.45) is 2.45. The Morgan fingerprint density at radius 2 is 1.88 bits per heavy atom. The fourth-order valence-corrected chi connectivity index (χ4v) is 3.28. The van der Waals surface area contributed by atoms with Gasteiger partial charge in [0.05, 0.1) is 18.1 Å². The number of amides is 2. The van der Waals surface area contributed by atoms with E-state index in [0.29, 0.717) is 29.6 Å². The molecule has 0 bridgehead atoms. The zero-order valence-corrected chi connectivity index (χ0v) is 15.3. The van der Waals surface area contributed by atoms with Crippen molar-refractivity contribution in [2.24, 2.45) is 0 Å². The minimum atomic E-state index is -0.240. The second kappa shape index (κ2) is 8.24. The Labute approximate surface area is 147 Å². The van der Waals surface area contributed by atoms with Gasteiger partial charge in [0.15, 0.2) is 0 Å². The van der Waals surface area contributed by atoms with Crippen LogP contribution < -0.4 is 9.47 Å². The first kappa shape index (κ1) is 18.4. The molecular formula is C18H23NO4S. The zero-order chi connectivity index (χ0) is 17.7. The van der Waals surface area contributed by atoms with Crippen LogP contribution in [0.25, 0.3) is 6.08 Å². The molecule has 5 nitrogen and oxygen atoms in total. The van der Waals surface area contributed by atoms with Crippen molar-refractivity contribution >= 4 is 29.0 Å². The predicted octanol–water partition coefficient (Wildman–Crippen LogP) is 4.32. The largest absolute Gasteiger partial charge is 0.494 e. The Morgan fingerprint density at radius 3 is 2.50 bits per heavy atom. The first-order valence-corrected chi connectivity index (χ1v) is 9.00. The molecule has 2 amide bonds. The van der Waals surface area contributed by atoms with Crippen molar-refractivity contribution in [2.75, 3.05) is 13.2 Å². The number of nitrogens with zero attached hydrogens (tertiary/aromatic N) is 1. The Hall–Kier alpha value is -1.95. The average molecular weight is 349 g/mol. The first-order valence-electron chi connectivity index (χ1n) is 8.18. The topological polar surface area (TPSA) is 55.8 Å². The molecule has 0 saturated carbocycles. The van der Waals surface area contributed by atoms with Gasteiger partial charge in [-0.3, -0.25) is 14.5 Å². The summed E-state index contributed by atoms with van der Waals surface area (Å²) in [5.41, 5.74) is 0.759. The molecule has 1 heterocycles. The molecule has 0 radical (unpaired) electrons. The molecule has 0 aromatic heterocycles. The standard InChI is InChI=1S/C18H23NO4S/c1-5-12(4)19-17(20)16(24-18(19)21)10-13-8-9-14(22-6-2)11-15(13)23-7-3/h8-12H,5-7H2,1-4H3/b16-10-/t12-/m1/s1. The van der Waals surface area contributed by atoms with E-state index in [1.165, 1.54) is 4.90 Å². The maximum atomic E-state index is 12.5. The van der Waals surface area contributed by atoms with Gasteiger partial charge in [-0.25, -0.2) is 0 Å². The van der Waals surface area contributed by atoms with Crippen molar-refractivity contribution in [3.63, 3.8) is 0 Å². The van der Waals surface area contributed by atoms with Gasteiger partial charge in [0.2, 0.25) is 0 Å². The molecule has 1 aromatic carbocycles. The van der Waals surface area contributed by atoms with E-state index in [4.69, 9.17) is 9.47 Å². The van der Waals surface area contributed by atoms with Crippen molar-refractivity contribution in [1.29, 1.82) is 0 Å². The molecule has 24 heavy (non-hydrogen) atoms. The summed E-state index contributed by atoms with van der Waals surface area (Å²) in [4.78, 5) is 26.4. The predicted molar refractivity (Wildman–Crippen MR) is 96.3 cm³/mol. The van der Waals surface area contributed by atoms with Crippen LogP contribution in [-0.4, -0.2) is 35.3 Å². The number of carbonyl (C=O) groups is 2. The van der Waals surface area contributed by atoms with Gasteiger partial charge < -0.3 is 9.47 Å². The molecule has 6 heteroatoms. The Morgan fingerprint density at radius 1 is 1.17 bits per heavy atom. The number of imide groups is 1. The van der Waals surface area contributed by atoms with E-state index in [-0.39, 0.29) is 17.2 Å². The van der Waals surface area contributed by atoms with E-state index in [0.717, 1.165) is 23.7 Å². The van der Waals surface area contributed by atoms with Crippen LogP contribution in [0.4, 0.5) is 4.79 Å². The van der Waals surface area contributed by atoms with Crippen LogP contribution in [0.2, 0.25) is 0 Å². The quantitative estimate of drug-likeness (QED) is 0.686. The van der Waals surface area contributed by atoms with Crippen LogP contribution in [0.5, 0.6) is 11.5 Å². The van der Waals surface area contributed by atoms with E-state index < -0.39 is 0 Å². The SMILES string of the molecule is CCOc1ccc(/C=C2\SC(=O)N([C@H](C)CC)C2=O)c(OCC)c1. The molecule has 1 aromatic rings. The second-order valence-corrected chi connectivity index (χ2v) is 6.37. The van der Waals surface area contributed by atoms with Crippen LogP contribution in [0, 0.1) is 0 Å². The summed E-state index contributed by atoms with van der Waals surface area (Å²) >= 11 is 0.973. The number of rotatable bonds is 7. The average Bonchev–Trinajstić information content (AvgIpc) is 2.83. The lowest BCUT2D eigenvalue weighted by atomic mass is 10.1. The monoisotopic (exact) mass is 349 g/mol. The molecule has 2 rings (SSSR count). The van der Waals surface area contributed by atoms with Crippen molar-refractivity contribution < 1.29 is 19.1 Å². The van der Waals surface area contributed by atoms with Crippen LogP contribution in [-0.2, 0) is 4.79 Å². The fourth-order valence-electron chi connectivity index (χ4n) is 2.35. The highest BCUT2D eigenvalue weighted by Crippen LogP contribution is 2.36. The number of hydrogen-bond donors (Lipinski definition) is 0. The van der Waals surface area contributed by atoms with Crippen molar-refractivity contribution in [3.05, 3.63) is 28.7 Å². The molecule has 0 aliphatic carbocycles. The maximum Gasteiger partial charge on any atom is 0.293 e. The van der Waals surface area contributed by atoms with E-state index in [1.54, 1.807) is 12.1 Å². The highest BCUT2D eigenvalue weighted by Gasteiger charge is 2.37. The number of ether oxygens (including phenoxy) is 2. The summed E-state index contributed by atoms with van der Waals surface area (Å²) in [5, 5.41) is -0.218. The van der Waals surface area contributed by atoms with E-state index in [2.05, 4.69) is 0 Å². The van der Waals surface area contributed by atoms with Crippen molar-refractivity contribution in [3.8, 4) is 11.5 Å². The summed E-state index contributed by atoms with van der Waals surface area (Å²) in [5.74, 6) is 1.11. The van der Waals surface area contributed by atoms with E-state index >= 15 is 0 Å². The third-order valence-corrected chi connectivity index (χ3v) is 4.62. The molecule has 1 atom stereocenters. The van der Waals surface area contributed by atoms with Crippen LogP contribution >= 0.6 is 11.8 Å². The number of carbonyl (C=O) groups excluding carboxylic acids is 2. The Balaban J connectivity index is 2.33. The summed E-state index contributed by atoms with van der Waals surface area (Å²) in [6.45, 7) is 8.72. The molecular weight excluding hydrogens is 326 g/mol. The smallest absolute Gasteiger partial charge is 0.293 e. The lowest BCUT2D eigenvalue weighted by Gasteiger charge is -2.19. The van der Waals surface area contributed by atoms with E-state index in [9.17, 15) is 9.59 Å². The summed E-state index contributed by atoms with van der Waals surface area (Å²) in [7, 11) is 0. The zero-order valence-electron chi connectivity index (χ0n) is 14.5. The number of thioether (sulfide) groups is 1. The molecule has 1 aliphatic heterocycles. The molecule has 1 aliphatic rings. The fraction of sp³-hybridized carbons (Fsp3) is 0.444.